The molecule has 0 saturated heterocycles. The van der Waals surface area contributed by atoms with Gasteiger partial charge in [-0.25, -0.2) is 4.98 Å². The third kappa shape index (κ3) is 1.19. The maximum absolute atomic E-state index is 8.89. The number of aromatic nitrogens is 2. The number of anilines is 1. The Morgan fingerprint density at radius 3 is 3.21 bits per heavy atom. The van der Waals surface area contributed by atoms with E-state index in [4.69, 9.17) is 5.26 Å². The average Bonchev–Trinajstić information content (AvgIpc) is 2.62. The summed E-state index contributed by atoms with van der Waals surface area (Å²) in [5.74, 6) is 0. The van der Waals surface area contributed by atoms with Crippen LogP contribution in [0.15, 0.2) is 18.5 Å². The lowest BCUT2D eigenvalue weighted by Crippen LogP contribution is -1.97. The molecule has 0 aliphatic rings. The Bertz CT molecular complexity index is 492. The Kier molecular flexibility index (Phi) is 2.07. The van der Waals surface area contributed by atoms with Crippen LogP contribution < -0.4 is 5.32 Å². The molecule has 0 amide bonds. The van der Waals surface area contributed by atoms with Crippen molar-refractivity contribution in [2.75, 3.05) is 11.9 Å². The molecule has 0 spiro atoms. The van der Waals surface area contributed by atoms with E-state index in [2.05, 4.69) is 21.4 Å². The Balaban J connectivity index is 2.70. The fraction of sp³-hybridized carbons (Fsp3) is 0.200. The zero-order valence-electron chi connectivity index (χ0n) is 7.83. The summed E-state index contributed by atoms with van der Waals surface area (Å²) in [5.41, 5.74) is 2.33. The molecule has 0 radical (unpaired) electrons. The van der Waals surface area contributed by atoms with Gasteiger partial charge < -0.3 is 10.3 Å². The molecule has 0 fully saturated rings. The number of H-pyrrole nitrogens is 1. The van der Waals surface area contributed by atoms with Gasteiger partial charge in [-0.2, -0.15) is 5.26 Å². The first kappa shape index (κ1) is 8.57. The van der Waals surface area contributed by atoms with Gasteiger partial charge in [0.05, 0.1) is 10.9 Å². The van der Waals surface area contributed by atoms with E-state index in [9.17, 15) is 0 Å². The Morgan fingerprint density at radius 2 is 2.50 bits per heavy atom. The van der Waals surface area contributed by atoms with E-state index < -0.39 is 0 Å². The smallest absolute Gasteiger partial charge is 0.140 e. The van der Waals surface area contributed by atoms with Crippen molar-refractivity contribution in [3.8, 4) is 6.07 Å². The molecule has 70 valence electrons. The molecule has 2 aromatic heterocycles. The normalized spacial score (nSPS) is 10.0. The van der Waals surface area contributed by atoms with Crippen molar-refractivity contribution in [3.63, 3.8) is 0 Å². The highest BCUT2D eigenvalue weighted by atomic mass is 14.9. The molecule has 2 rings (SSSR count). The number of nitrogens with one attached hydrogen (secondary N) is 2. The summed E-state index contributed by atoms with van der Waals surface area (Å²) in [4.78, 5) is 7.11. The highest BCUT2D eigenvalue weighted by molar-refractivity contribution is 5.94. The van der Waals surface area contributed by atoms with Gasteiger partial charge in [-0.1, -0.05) is 0 Å². The second-order valence-corrected chi connectivity index (χ2v) is 2.93. The largest absolute Gasteiger partial charge is 0.385 e. The fourth-order valence-corrected chi connectivity index (χ4v) is 1.48. The van der Waals surface area contributed by atoms with E-state index in [0.717, 1.165) is 23.3 Å². The van der Waals surface area contributed by atoms with E-state index in [-0.39, 0.29) is 0 Å². The molecule has 4 heteroatoms. The lowest BCUT2D eigenvalue weighted by atomic mass is 10.2. The van der Waals surface area contributed by atoms with Crippen LogP contribution in [0.3, 0.4) is 0 Å². The third-order valence-corrected chi connectivity index (χ3v) is 2.06. The zero-order chi connectivity index (χ0) is 9.97. The molecule has 0 aromatic carbocycles. The number of rotatable bonds is 2. The van der Waals surface area contributed by atoms with Crippen molar-refractivity contribution in [2.45, 2.75) is 6.92 Å². The van der Waals surface area contributed by atoms with Crippen LogP contribution in [0.2, 0.25) is 0 Å². The van der Waals surface area contributed by atoms with Crippen molar-refractivity contribution >= 4 is 16.7 Å². The molecular formula is C10H10N4. The van der Waals surface area contributed by atoms with E-state index in [1.807, 2.05) is 13.0 Å². The van der Waals surface area contributed by atoms with Gasteiger partial charge in [0.1, 0.15) is 11.7 Å². The fourth-order valence-electron chi connectivity index (χ4n) is 1.48. The van der Waals surface area contributed by atoms with Crippen molar-refractivity contribution in [3.05, 3.63) is 24.0 Å². The first-order valence-electron chi connectivity index (χ1n) is 4.47. The van der Waals surface area contributed by atoms with Crippen LogP contribution in [0.4, 0.5) is 5.69 Å². The minimum absolute atomic E-state index is 0.629. The second kappa shape index (κ2) is 3.38. The van der Waals surface area contributed by atoms with Crippen molar-refractivity contribution in [1.82, 2.24) is 9.97 Å². The van der Waals surface area contributed by atoms with Crippen molar-refractivity contribution < 1.29 is 0 Å². The van der Waals surface area contributed by atoms with Crippen LogP contribution in [-0.2, 0) is 0 Å². The summed E-state index contributed by atoms with van der Waals surface area (Å²) >= 11 is 0. The number of nitrogens with zero attached hydrogens (tertiary/aromatic N) is 2. The standard InChI is InChI=1S/C10H10N4/c1-2-12-8-3-4-13-10-9(8)7(5-11)6-14-10/h3-4,6H,2H2,1H3,(H2,12,13,14). The van der Waals surface area contributed by atoms with E-state index in [1.165, 1.54) is 0 Å². The van der Waals surface area contributed by atoms with Crippen molar-refractivity contribution in [2.24, 2.45) is 0 Å². The first-order valence-corrected chi connectivity index (χ1v) is 4.47. The number of hydrogen-bond acceptors (Lipinski definition) is 3. The molecule has 0 saturated carbocycles. The molecule has 0 atom stereocenters. The molecule has 0 aliphatic carbocycles. The summed E-state index contributed by atoms with van der Waals surface area (Å²) in [6, 6.07) is 4.01. The summed E-state index contributed by atoms with van der Waals surface area (Å²) in [6.45, 7) is 2.85. The van der Waals surface area contributed by atoms with Crippen molar-refractivity contribution in [1.29, 1.82) is 5.26 Å². The predicted molar refractivity (Wildman–Crippen MR) is 55.0 cm³/mol. The van der Waals surface area contributed by atoms with Gasteiger partial charge in [0.15, 0.2) is 0 Å². The number of fused-ring (bicyclic) bond motifs is 1. The molecule has 2 heterocycles. The van der Waals surface area contributed by atoms with Crippen LogP contribution in [0, 0.1) is 11.3 Å². The summed E-state index contributed by atoms with van der Waals surface area (Å²) < 4.78 is 0. The Hall–Kier alpha value is -2.02. The molecule has 0 bridgehead atoms. The highest BCUT2D eigenvalue weighted by Gasteiger charge is 2.07. The number of hydrogen-bond donors (Lipinski definition) is 2. The van der Waals surface area contributed by atoms with Crippen LogP contribution in [0.25, 0.3) is 11.0 Å². The van der Waals surface area contributed by atoms with Crippen LogP contribution in [0.1, 0.15) is 12.5 Å². The van der Waals surface area contributed by atoms with Gasteiger partial charge in [-0.15, -0.1) is 0 Å². The van der Waals surface area contributed by atoms with Gasteiger partial charge in [0.25, 0.3) is 0 Å². The molecule has 2 aromatic rings. The summed E-state index contributed by atoms with van der Waals surface area (Å²) in [7, 11) is 0. The predicted octanol–water partition coefficient (Wildman–Crippen LogP) is 1.87. The minimum atomic E-state index is 0.629. The molecule has 14 heavy (non-hydrogen) atoms. The maximum atomic E-state index is 8.89. The van der Waals surface area contributed by atoms with E-state index in [1.54, 1.807) is 12.4 Å². The number of pyridine rings is 1. The van der Waals surface area contributed by atoms with E-state index in [0.29, 0.717) is 5.56 Å². The van der Waals surface area contributed by atoms with Gasteiger partial charge in [-0.3, -0.25) is 0 Å². The zero-order valence-corrected chi connectivity index (χ0v) is 7.83. The SMILES string of the molecule is CCNc1ccnc2[nH]cc(C#N)c12. The Labute approximate surface area is 81.6 Å². The summed E-state index contributed by atoms with van der Waals surface area (Å²) in [6.07, 6.45) is 3.40. The first-order chi connectivity index (χ1) is 6.86. The van der Waals surface area contributed by atoms with Crippen LogP contribution in [-0.4, -0.2) is 16.5 Å². The summed E-state index contributed by atoms with van der Waals surface area (Å²) in [5, 5.41) is 13.0. The van der Waals surface area contributed by atoms with Gasteiger partial charge in [0.2, 0.25) is 0 Å². The number of aromatic amines is 1. The van der Waals surface area contributed by atoms with Gasteiger partial charge in [0, 0.05) is 24.6 Å². The van der Waals surface area contributed by atoms with Gasteiger partial charge >= 0.3 is 0 Å². The second-order valence-electron chi connectivity index (χ2n) is 2.93. The minimum Gasteiger partial charge on any atom is -0.385 e. The van der Waals surface area contributed by atoms with Crippen LogP contribution >= 0.6 is 0 Å². The molecular weight excluding hydrogens is 176 g/mol. The third-order valence-electron chi connectivity index (χ3n) is 2.06. The Morgan fingerprint density at radius 1 is 1.64 bits per heavy atom. The average molecular weight is 186 g/mol. The highest BCUT2D eigenvalue weighted by Crippen LogP contribution is 2.24. The van der Waals surface area contributed by atoms with Crippen LogP contribution in [0.5, 0.6) is 0 Å². The molecule has 2 N–H and O–H groups in total. The quantitative estimate of drug-likeness (QED) is 0.752. The maximum Gasteiger partial charge on any atom is 0.140 e. The molecule has 4 nitrogen and oxygen atoms in total. The lowest BCUT2D eigenvalue weighted by molar-refractivity contribution is 1.21. The molecule has 0 aliphatic heterocycles. The van der Waals surface area contributed by atoms with E-state index >= 15 is 0 Å². The monoisotopic (exact) mass is 186 g/mol. The van der Waals surface area contributed by atoms with Gasteiger partial charge in [-0.05, 0) is 13.0 Å². The molecule has 0 unspecified atom stereocenters. The topological polar surface area (TPSA) is 64.5 Å². The lowest BCUT2D eigenvalue weighted by Gasteiger charge is -2.03. The number of nitriles is 1.